The smallest absolute Gasteiger partial charge is 0.330 e. The quantitative estimate of drug-likeness (QED) is 0.137. The lowest BCUT2D eigenvalue weighted by atomic mass is 9.70. The van der Waals surface area contributed by atoms with Crippen LogP contribution in [0.2, 0.25) is 0 Å². The minimum Gasteiger partial charge on any atom is -0.466 e. The Kier molecular flexibility index (Phi) is 14.7. The molecular formula is C42H64O15. The molecule has 15 nitrogen and oxygen atoms in total. The van der Waals surface area contributed by atoms with Crippen molar-refractivity contribution in [3.63, 3.8) is 0 Å². The normalized spacial score (nSPS) is 37.6. The first-order chi connectivity index (χ1) is 26.3. The number of esters is 4. The zero-order chi connectivity index (χ0) is 42.7. The monoisotopic (exact) mass is 808 g/mol. The van der Waals surface area contributed by atoms with E-state index in [-0.39, 0.29) is 51.4 Å². The molecule has 0 saturated carbocycles. The molecule has 8 unspecified atom stereocenters. The Morgan fingerprint density at radius 1 is 0.860 bits per heavy atom. The van der Waals surface area contributed by atoms with Crippen LogP contribution in [0, 0.1) is 16.2 Å². The van der Waals surface area contributed by atoms with Gasteiger partial charge in [0.05, 0.1) is 68.1 Å². The van der Waals surface area contributed by atoms with Crippen LogP contribution in [0.15, 0.2) is 35.5 Å². The molecule has 0 aromatic carbocycles. The number of carbonyl (C=O) groups excluding carboxylic acids is 4. The average Bonchev–Trinajstić information content (AvgIpc) is 3.08. The molecule has 0 aromatic heterocycles. The topological polar surface area (TPSA) is 214 Å². The number of hydrogen-bond acceptors (Lipinski definition) is 15. The maximum absolute atomic E-state index is 13.3. The number of aliphatic hydroxyl groups excluding tert-OH is 2. The third kappa shape index (κ3) is 11.5. The number of methoxy groups -OCH3 is 2. The summed E-state index contributed by atoms with van der Waals surface area (Å²) in [6.07, 6.45) is -1.65. The fourth-order valence-electron chi connectivity index (χ4n) is 7.84. The van der Waals surface area contributed by atoms with Crippen LogP contribution in [0.5, 0.6) is 0 Å². The largest absolute Gasteiger partial charge is 0.466 e. The van der Waals surface area contributed by atoms with Crippen molar-refractivity contribution in [1.82, 2.24) is 0 Å². The van der Waals surface area contributed by atoms with Crippen LogP contribution in [0.3, 0.4) is 0 Å². The first-order valence-electron chi connectivity index (χ1n) is 19.8. The van der Waals surface area contributed by atoms with E-state index in [1.165, 1.54) is 33.3 Å². The van der Waals surface area contributed by atoms with Gasteiger partial charge in [-0.3, -0.25) is 9.59 Å². The zero-order valence-corrected chi connectivity index (χ0v) is 35.1. The van der Waals surface area contributed by atoms with Crippen LogP contribution < -0.4 is 0 Å². The van der Waals surface area contributed by atoms with E-state index in [4.69, 9.17) is 33.2 Å². The summed E-state index contributed by atoms with van der Waals surface area (Å²) in [6, 6.07) is 0. The van der Waals surface area contributed by atoms with Gasteiger partial charge in [0.25, 0.3) is 0 Å². The summed E-state index contributed by atoms with van der Waals surface area (Å²) in [6.45, 7) is 13.5. The van der Waals surface area contributed by atoms with Gasteiger partial charge in [-0.2, -0.15) is 0 Å². The minimum absolute atomic E-state index is 0.0656. The summed E-state index contributed by atoms with van der Waals surface area (Å²) in [4.78, 5) is 51.4. The van der Waals surface area contributed by atoms with Crippen molar-refractivity contribution < 1.29 is 72.8 Å². The van der Waals surface area contributed by atoms with Gasteiger partial charge in [-0.25, -0.2) is 9.59 Å². The number of carbonyl (C=O) groups is 4. The van der Waals surface area contributed by atoms with Crippen molar-refractivity contribution in [3.05, 3.63) is 35.5 Å². The van der Waals surface area contributed by atoms with Crippen molar-refractivity contribution in [1.29, 1.82) is 0 Å². The van der Waals surface area contributed by atoms with E-state index in [0.29, 0.717) is 11.1 Å². The first-order valence-corrected chi connectivity index (χ1v) is 19.8. The molecule has 4 heterocycles. The molecule has 0 amide bonds. The van der Waals surface area contributed by atoms with Crippen LogP contribution in [0.1, 0.15) is 113 Å². The number of aliphatic hydroxyl groups is 4. The summed E-state index contributed by atoms with van der Waals surface area (Å²) in [5.41, 5.74) is -2.05. The van der Waals surface area contributed by atoms with Crippen molar-refractivity contribution in [2.45, 2.75) is 174 Å². The molecule has 10 atom stereocenters. The lowest BCUT2D eigenvalue weighted by Crippen LogP contribution is -2.62. The fraction of sp³-hybridized carbons (Fsp3) is 0.762. The van der Waals surface area contributed by atoms with E-state index in [9.17, 15) is 39.6 Å². The molecule has 3 fully saturated rings. The third-order valence-corrected chi connectivity index (χ3v) is 11.7. The maximum atomic E-state index is 13.3. The second-order valence-electron chi connectivity index (χ2n) is 18.3. The summed E-state index contributed by atoms with van der Waals surface area (Å²) in [5.74, 6) is -6.44. The predicted octanol–water partition coefficient (Wildman–Crippen LogP) is 3.87. The second kappa shape index (κ2) is 18.0. The van der Waals surface area contributed by atoms with Crippen molar-refractivity contribution in [2.75, 3.05) is 14.2 Å². The SMILES string of the molecule is COC(=O)/C=C1\CC2/C=C/C(C)(C)C3(O)C/C(=C\C(=O)OC)CC(CC([C@@H](C)O)OC(=O)C[C@H](O)CC4CC(OC(=O)C(C)(C)C)C(C)(C)C(O)(CC(C1)O2)O4)O3. The highest BCUT2D eigenvalue weighted by Gasteiger charge is 2.58. The fourth-order valence-corrected chi connectivity index (χ4v) is 7.84. The van der Waals surface area contributed by atoms with Gasteiger partial charge in [0.1, 0.15) is 12.2 Å². The molecule has 4 rings (SSSR count). The Balaban J connectivity index is 1.82. The van der Waals surface area contributed by atoms with Crippen molar-refractivity contribution >= 4 is 23.9 Å². The molecule has 0 spiro atoms. The molecule has 4 aliphatic heterocycles. The van der Waals surface area contributed by atoms with Gasteiger partial charge in [-0.15, -0.1) is 0 Å². The highest BCUT2D eigenvalue weighted by Crippen LogP contribution is 2.50. The van der Waals surface area contributed by atoms with E-state index in [1.54, 1.807) is 60.6 Å². The van der Waals surface area contributed by atoms with Crippen molar-refractivity contribution in [3.8, 4) is 0 Å². The van der Waals surface area contributed by atoms with Gasteiger partial charge in [-0.1, -0.05) is 51.0 Å². The van der Waals surface area contributed by atoms with Gasteiger partial charge in [-0.05, 0) is 47.0 Å². The Morgan fingerprint density at radius 2 is 1.46 bits per heavy atom. The number of hydrogen-bond donors (Lipinski definition) is 4. The number of rotatable bonds is 4. The summed E-state index contributed by atoms with van der Waals surface area (Å²) in [5, 5.41) is 46.7. The third-order valence-electron chi connectivity index (χ3n) is 11.7. The van der Waals surface area contributed by atoms with Gasteiger partial charge >= 0.3 is 23.9 Å². The molecule has 4 aliphatic rings. The van der Waals surface area contributed by atoms with E-state index >= 15 is 0 Å². The molecule has 0 radical (unpaired) electrons. The Labute approximate surface area is 335 Å². The van der Waals surface area contributed by atoms with Crippen LogP contribution in [0.4, 0.5) is 0 Å². The molecule has 57 heavy (non-hydrogen) atoms. The van der Waals surface area contributed by atoms with Crippen LogP contribution in [-0.2, 0) is 52.3 Å². The molecule has 4 N–H and O–H groups in total. The summed E-state index contributed by atoms with van der Waals surface area (Å²) < 4.78 is 40.9. The highest BCUT2D eigenvalue weighted by atomic mass is 16.6. The van der Waals surface area contributed by atoms with E-state index in [1.807, 2.05) is 0 Å². The lowest BCUT2D eigenvalue weighted by molar-refractivity contribution is -0.349. The molecule has 15 heteroatoms. The molecular weight excluding hydrogens is 744 g/mol. The predicted molar refractivity (Wildman–Crippen MR) is 204 cm³/mol. The van der Waals surface area contributed by atoms with Crippen LogP contribution in [-0.4, -0.2) is 119 Å². The van der Waals surface area contributed by atoms with E-state index in [0.717, 1.165) is 0 Å². The van der Waals surface area contributed by atoms with Crippen LogP contribution >= 0.6 is 0 Å². The standard InChI is InChI=1S/C42H64O15/c1-24(43)32-20-29-15-26(17-35(46)52-10)22-41(49,56-29)39(5,6)12-11-28-13-25(16-34(45)51-9)14-31(53-28)23-42(50)40(7,8)33(55-37(48)38(2,3)4)21-30(57-42)18-27(44)19-36(47)54-32/h11-12,16-17,24,27-33,43-44,49-50H,13-15,18-23H2,1-10H3/b12-11+,25-16+,26-17-/t24-,27-,28?,29?,30?,31?,32?,33?,41?,42?/m1/s1. The van der Waals surface area contributed by atoms with E-state index in [2.05, 4.69) is 0 Å². The molecule has 6 bridgehead atoms. The molecule has 0 aromatic rings. The molecule has 3 saturated heterocycles. The maximum Gasteiger partial charge on any atom is 0.330 e. The van der Waals surface area contributed by atoms with Gasteiger partial charge in [0, 0.05) is 49.7 Å². The van der Waals surface area contributed by atoms with Gasteiger partial charge in [0.2, 0.25) is 0 Å². The van der Waals surface area contributed by atoms with Crippen molar-refractivity contribution in [2.24, 2.45) is 16.2 Å². The summed E-state index contributed by atoms with van der Waals surface area (Å²) >= 11 is 0. The highest BCUT2D eigenvalue weighted by molar-refractivity contribution is 5.83. The van der Waals surface area contributed by atoms with Crippen LogP contribution in [0.25, 0.3) is 0 Å². The minimum atomic E-state index is -2.01. The average molecular weight is 809 g/mol. The second-order valence-corrected chi connectivity index (χ2v) is 18.3. The number of ether oxygens (including phenoxy) is 7. The molecule has 322 valence electrons. The summed E-state index contributed by atoms with van der Waals surface area (Å²) in [7, 11) is 2.51. The van der Waals surface area contributed by atoms with E-state index < -0.39 is 107 Å². The van der Waals surface area contributed by atoms with Gasteiger partial charge in [0.15, 0.2) is 11.6 Å². The Bertz CT molecular complexity index is 1570. The Hall–Kier alpha value is -3.18. The zero-order valence-electron chi connectivity index (χ0n) is 35.1. The molecule has 0 aliphatic carbocycles. The first kappa shape index (κ1) is 46.5. The number of cyclic esters (lactones) is 1. The number of fused-ring (bicyclic) bond motifs is 6. The Morgan fingerprint density at radius 3 is 2.05 bits per heavy atom. The van der Waals surface area contributed by atoms with Gasteiger partial charge < -0.3 is 53.6 Å². The lowest BCUT2D eigenvalue weighted by Gasteiger charge is -2.54.